The Bertz CT molecular complexity index is 395. The van der Waals surface area contributed by atoms with Crippen molar-refractivity contribution < 1.29 is 4.79 Å². The fourth-order valence-electron chi connectivity index (χ4n) is 2.31. The number of nitrogens with zero attached hydrogens (tertiary/aromatic N) is 3. The highest BCUT2D eigenvalue weighted by atomic mass is 16.2. The van der Waals surface area contributed by atoms with Gasteiger partial charge < -0.3 is 10.2 Å². The smallest absolute Gasteiger partial charge is 0.239 e. The normalized spacial score (nSPS) is 17.8. The molecule has 100 valence electrons. The Morgan fingerprint density at radius 2 is 2.17 bits per heavy atom. The number of amides is 1. The molecule has 1 aliphatic heterocycles. The number of rotatable bonds is 4. The van der Waals surface area contributed by atoms with Gasteiger partial charge in [0.05, 0.1) is 12.2 Å². The largest absolute Gasteiger partial charge is 0.341 e. The van der Waals surface area contributed by atoms with E-state index in [4.69, 9.17) is 0 Å². The molecule has 1 fully saturated rings. The molecule has 1 aromatic rings. The summed E-state index contributed by atoms with van der Waals surface area (Å²) >= 11 is 0. The maximum absolute atomic E-state index is 12.2. The van der Waals surface area contributed by atoms with Gasteiger partial charge in [0.15, 0.2) is 0 Å². The minimum atomic E-state index is -0.122. The fraction of sp³-hybridized carbons (Fsp3) is 0.692. The molecule has 0 saturated carbocycles. The van der Waals surface area contributed by atoms with Crippen LogP contribution in [-0.2, 0) is 18.4 Å². The number of piperidine rings is 1. The lowest BCUT2D eigenvalue weighted by atomic mass is 10.1. The predicted molar refractivity (Wildman–Crippen MR) is 69.9 cm³/mol. The Kier molecular flexibility index (Phi) is 4.36. The van der Waals surface area contributed by atoms with E-state index in [1.807, 2.05) is 31.3 Å². The van der Waals surface area contributed by atoms with Crippen molar-refractivity contribution >= 4 is 5.91 Å². The molecule has 1 aliphatic rings. The van der Waals surface area contributed by atoms with Crippen molar-refractivity contribution in [1.29, 1.82) is 0 Å². The molecule has 0 aromatic carbocycles. The maximum Gasteiger partial charge on any atom is 0.239 e. The van der Waals surface area contributed by atoms with Gasteiger partial charge in [0, 0.05) is 38.4 Å². The van der Waals surface area contributed by atoms with Gasteiger partial charge in [-0.15, -0.1) is 0 Å². The van der Waals surface area contributed by atoms with Crippen LogP contribution >= 0.6 is 0 Å². The van der Waals surface area contributed by atoms with E-state index in [0.29, 0.717) is 6.54 Å². The van der Waals surface area contributed by atoms with Gasteiger partial charge in [0.2, 0.25) is 5.91 Å². The van der Waals surface area contributed by atoms with E-state index in [2.05, 4.69) is 10.4 Å². The van der Waals surface area contributed by atoms with E-state index < -0.39 is 0 Å². The molecule has 1 saturated heterocycles. The molecule has 2 rings (SSSR count). The van der Waals surface area contributed by atoms with Crippen LogP contribution in [0.2, 0.25) is 0 Å². The van der Waals surface area contributed by atoms with Crippen molar-refractivity contribution in [1.82, 2.24) is 20.0 Å². The van der Waals surface area contributed by atoms with Crippen molar-refractivity contribution in [3.63, 3.8) is 0 Å². The lowest BCUT2D eigenvalue weighted by Crippen LogP contribution is -2.46. The maximum atomic E-state index is 12.2. The zero-order valence-corrected chi connectivity index (χ0v) is 11.2. The van der Waals surface area contributed by atoms with Crippen LogP contribution in [0.3, 0.4) is 0 Å². The van der Waals surface area contributed by atoms with Crippen LogP contribution in [0.5, 0.6) is 0 Å². The molecule has 0 bridgehead atoms. The molecule has 2 heterocycles. The van der Waals surface area contributed by atoms with E-state index in [1.54, 1.807) is 4.68 Å². The van der Waals surface area contributed by atoms with Gasteiger partial charge in [0.1, 0.15) is 0 Å². The molecule has 1 N–H and O–H groups in total. The summed E-state index contributed by atoms with van der Waals surface area (Å²) in [5, 5.41) is 7.38. The molecule has 18 heavy (non-hydrogen) atoms. The Morgan fingerprint density at radius 3 is 2.78 bits per heavy atom. The SMILES string of the molecule is CC(NCc1cnn(C)c1)C(=O)N1CCCCC1. The Morgan fingerprint density at radius 1 is 1.44 bits per heavy atom. The molecule has 1 unspecified atom stereocenters. The second kappa shape index (κ2) is 6.00. The van der Waals surface area contributed by atoms with Crippen molar-refractivity contribution in [3.05, 3.63) is 18.0 Å². The lowest BCUT2D eigenvalue weighted by Gasteiger charge is -2.29. The number of hydrogen-bond donors (Lipinski definition) is 1. The van der Waals surface area contributed by atoms with Gasteiger partial charge in [-0.25, -0.2) is 0 Å². The van der Waals surface area contributed by atoms with Crippen LogP contribution in [0.15, 0.2) is 12.4 Å². The highest BCUT2D eigenvalue weighted by molar-refractivity contribution is 5.81. The molecular formula is C13H22N4O. The third-order valence-corrected chi connectivity index (χ3v) is 3.41. The molecule has 0 aliphatic carbocycles. The van der Waals surface area contributed by atoms with Crippen LogP contribution < -0.4 is 5.32 Å². The zero-order valence-electron chi connectivity index (χ0n) is 11.2. The molecule has 1 amide bonds. The summed E-state index contributed by atoms with van der Waals surface area (Å²) in [5.74, 6) is 0.221. The summed E-state index contributed by atoms with van der Waals surface area (Å²) in [6.07, 6.45) is 7.32. The molecular weight excluding hydrogens is 228 g/mol. The van der Waals surface area contributed by atoms with Crippen molar-refractivity contribution in [3.8, 4) is 0 Å². The Hall–Kier alpha value is -1.36. The van der Waals surface area contributed by atoms with E-state index >= 15 is 0 Å². The highest BCUT2D eigenvalue weighted by Gasteiger charge is 2.21. The molecule has 5 heteroatoms. The minimum Gasteiger partial charge on any atom is -0.341 e. The number of aryl methyl sites for hydroxylation is 1. The van der Waals surface area contributed by atoms with Gasteiger partial charge in [-0.05, 0) is 26.2 Å². The first-order valence-electron chi connectivity index (χ1n) is 6.66. The number of likely N-dealkylation sites (tertiary alicyclic amines) is 1. The first-order chi connectivity index (χ1) is 8.66. The second-order valence-corrected chi connectivity index (χ2v) is 5.01. The van der Waals surface area contributed by atoms with Crippen molar-refractivity contribution in [2.24, 2.45) is 7.05 Å². The number of hydrogen-bond acceptors (Lipinski definition) is 3. The summed E-state index contributed by atoms with van der Waals surface area (Å²) in [6.45, 7) is 4.46. The predicted octanol–water partition coefficient (Wildman–Crippen LogP) is 0.911. The van der Waals surface area contributed by atoms with Crippen LogP contribution in [0.25, 0.3) is 0 Å². The first-order valence-corrected chi connectivity index (χ1v) is 6.66. The van der Waals surface area contributed by atoms with Crippen LogP contribution in [-0.4, -0.2) is 39.7 Å². The number of aromatic nitrogens is 2. The topological polar surface area (TPSA) is 50.2 Å². The van der Waals surface area contributed by atoms with Gasteiger partial charge in [-0.3, -0.25) is 9.48 Å². The third-order valence-electron chi connectivity index (χ3n) is 3.41. The average Bonchev–Trinajstić information content (AvgIpc) is 2.82. The third kappa shape index (κ3) is 3.32. The summed E-state index contributed by atoms with van der Waals surface area (Å²) in [4.78, 5) is 14.1. The van der Waals surface area contributed by atoms with E-state index in [9.17, 15) is 4.79 Å². The van der Waals surface area contributed by atoms with Gasteiger partial charge in [-0.1, -0.05) is 0 Å². The zero-order chi connectivity index (χ0) is 13.0. The molecule has 5 nitrogen and oxygen atoms in total. The lowest BCUT2D eigenvalue weighted by molar-refractivity contribution is -0.133. The van der Waals surface area contributed by atoms with E-state index in [-0.39, 0.29) is 11.9 Å². The quantitative estimate of drug-likeness (QED) is 0.864. The minimum absolute atomic E-state index is 0.122. The fourth-order valence-corrected chi connectivity index (χ4v) is 2.31. The van der Waals surface area contributed by atoms with Crippen LogP contribution in [0.1, 0.15) is 31.7 Å². The van der Waals surface area contributed by atoms with Crippen LogP contribution in [0, 0.1) is 0 Å². The summed E-state index contributed by atoms with van der Waals surface area (Å²) in [7, 11) is 1.89. The average molecular weight is 250 g/mol. The molecule has 1 atom stereocenters. The Balaban J connectivity index is 1.79. The molecule has 0 spiro atoms. The molecule has 0 radical (unpaired) electrons. The first kappa shape index (κ1) is 13.1. The summed E-state index contributed by atoms with van der Waals surface area (Å²) in [5.41, 5.74) is 1.11. The number of carbonyl (C=O) groups is 1. The Labute approximate surface area is 108 Å². The monoisotopic (exact) mass is 250 g/mol. The highest BCUT2D eigenvalue weighted by Crippen LogP contribution is 2.10. The standard InChI is InChI=1S/C13H22N4O/c1-11(13(18)17-6-4-3-5-7-17)14-8-12-9-15-16(2)10-12/h9-11,14H,3-8H2,1-2H3. The summed E-state index contributed by atoms with van der Waals surface area (Å²) in [6, 6.07) is -0.122. The van der Waals surface area contributed by atoms with Gasteiger partial charge in [-0.2, -0.15) is 5.10 Å². The second-order valence-electron chi connectivity index (χ2n) is 5.01. The van der Waals surface area contributed by atoms with Gasteiger partial charge in [0.25, 0.3) is 0 Å². The van der Waals surface area contributed by atoms with Crippen molar-refractivity contribution in [2.45, 2.75) is 38.8 Å². The van der Waals surface area contributed by atoms with Crippen LogP contribution in [0.4, 0.5) is 0 Å². The number of nitrogens with one attached hydrogen (secondary N) is 1. The van der Waals surface area contributed by atoms with E-state index in [1.165, 1.54) is 6.42 Å². The van der Waals surface area contributed by atoms with Crippen molar-refractivity contribution in [2.75, 3.05) is 13.1 Å². The summed E-state index contributed by atoms with van der Waals surface area (Å²) < 4.78 is 1.77. The van der Waals surface area contributed by atoms with E-state index in [0.717, 1.165) is 31.5 Å². The molecule has 1 aromatic heterocycles. The number of carbonyl (C=O) groups excluding carboxylic acids is 1. The van der Waals surface area contributed by atoms with Gasteiger partial charge >= 0.3 is 0 Å².